The number of carbonyl (C=O) groups is 3. The van der Waals surface area contributed by atoms with Crippen LogP contribution in [-0.2, 0) is 19.1 Å². The number of nitrogens with one attached hydrogen (secondary N) is 2. The molecule has 0 radical (unpaired) electrons. The van der Waals surface area contributed by atoms with E-state index in [0.29, 0.717) is 11.3 Å². The van der Waals surface area contributed by atoms with Crippen LogP contribution in [0.25, 0.3) is 0 Å². The van der Waals surface area contributed by atoms with Crippen molar-refractivity contribution in [2.24, 2.45) is 5.16 Å². The van der Waals surface area contributed by atoms with Crippen LogP contribution >= 0.6 is 0 Å². The van der Waals surface area contributed by atoms with Crippen molar-refractivity contribution in [2.75, 3.05) is 19.0 Å². The van der Waals surface area contributed by atoms with Crippen LogP contribution in [0.1, 0.15) is 12.5 Å². The number of anilines is 1. The largest absolute Gasteiger partial charge is 0.467 e. The molecule has 0 fully saturated rings. The monoisotopic (exact) mass is 323 g/mol. The third-order valence-corrected chi connectivity index (χ3v) is 2.62. The highest BCUT2D eigenvalue weighted by Crippen LogP contribution is 2.08. The van der Waals surface area contributed by atoms with E-state index in [-0.39, 0.29) is 6.61 Å². The fourth-order valence-corrected chi connectivity index (χ4v) is 1.56. The van der Waals surface area contributed by atoms with Crippen LogP contribution in [0.5, 0.6) is 0 Å². The molecule has 1 unspecified atom stereocenters. The van der Waals surface area contributed by atoms with Gasteiger partial charge in [-0.3, -0.25) is 4.79 Å². The Hall–Kier alpha value is -3.10. The zero-order valence-corrected chi connectivity index (χ0v) is 12.6. The van der Waals surface area contributed by atoms with Gasteiger partial charge in [0.2, 0.25) is 0 Å². The van der Waals surface area contributed by atoms with E-state index in [1.807, 2.05) is 0 Å². The van der Waals surface area contributed by atoms with Crippen LogP contribution < -0.4 is 10.6 Å². The Labute approximate surface area is 132 Å². The number of rotatable bonds is 6. The molecule has 1 atom stereocenters. The average Bonchev–Trinajstić information content (AvgIpc) is 2.52. The summed E-state index contributed by atoms with van der Waals surface area (Å²) >= 11 is 0. The van der Waals surface area contributed by atoms with Gasteiger partial charge in [-0.2, -0.15) is 0 Å². The molecule has 0 aromatic heterocycles. The molecule has 0 aliphatic heterocycles. The minimum Gasteiger partial charge on any atom is -0.467 e. The Morgan fingerprint density at radius 3 is 2.48 bits per heavy atom. The van der Waals surface area contributed by atoms with Crippen molar-refractivity contribution in [1.82, 2.24) is 5.32 Å². The second-order valence-corrected chi connectivity index (χ2v) is 4.34. The SMILES string of the molecule is COC(=O)C(COC(C)=O)NC(=O)Nc1ccc(C=NO)cc1. The van der Waals surface area contributed by atoms with E-state index in [1.54, 1.807) is 24.3 Å². The van der Waals surface area contributed by atoms with E-state index in [1.165, 1.54) is 13.1 Å². The van der Waals surface area contributed by atoms with Crippen molar-refractivity contribution < 1.29 is 29.1 Å². The molecule has 0 bridgehead atoms. The average molecular weight is 323 g/mol. The molecule has 0 saturated heterocycles. The van der Waals surface area contributed by atoms with Gasteiger partial charge >= 0.3 is 18.0 Å². The number of benzene rings is 1. The number of carbonyl (C=O) groups excluding carboxylic acids is 3. The molecule has 1 rings (SSSR count). The van der Waals surface area contributed by atoms with E-state index in [4.69, 9.17) is 9.94 Å². The number of urea groups is 1. The summed E-state index contributed by atoms with van der Waals surface area (Å²) in [5.74, 6) is -1.32. The summed E-state index contributed by atoms with van der Waals surface area (Å²) in [6.45, 7) is 0.854. The topological polar surface area (TPSA) is 126 Å². The van der Waals surface area contributed by atoms with Gasteiger partial charge in [0, 0.05) is 12.6 Å². The molecule has 124 valence electrons. The molecule has 0 heterocycles. The molecule has 0 saturated carbocycles. The minimum absolute atomic E-state index is 0.332. The summed E-state index contributed by atoms with van der Waals surface area (Å²) in [5, 5.41) is 16.1. The van der Waals surface area contributed by atoms with Crippen molar-refractivity contribution in [3.63, 3.8) is 0 Å². The van der Waals surface area contributed by atoms with Gasteiger partial charge in [-0.15, -0.1) is 0 Å². The fourth-order valence-electron chi connectivity index (χ4n) is 1.56. The predicted molar refractivity (Wildman–Crippen MR) is 80.4 cm³/mol. The molecule has 9 nitrogen and oxygen atoms in total. The highest BCUT2D eigenvalue weighted by Gasteiger charge is 2.22. The van der Waals surface area contributed by atoms with Gasteiger partial charge in [0.05, 0.1) is 13.3 Å². The molecule has 9 heteroatoms. The molecule has 3 N–H and O–H groups in total. The van der Waals surface area contributed by atoms with E-state index in [2.05, 4.69) is 20.5 Å². The van der Waals surface area contributed by atoms with Gasteiger partial charge in [0.1, 0.15) is 6.61 Å². The predicted octanol–water partition coefficient (Wildman–Crippen LogP) is 0.721. The van der Waals surface area contributed by atoms with Crippen molar-refractivity contribution >= 4 is 29.9 Å². The van der Waals surface area contributed by atoms with Crippen molar-refractivity contribution in [2.45, 2.75) is 13.0 Å². The van der Waals surface area contributed by atoms with Crippen LogP contribution in [0.15, 0.2) is 29.4 Å². The number of amides is 2. The first-order valence-electron chi connectivity index (χ1n) is 6.52. The van der Waals surface area contributed by atoms with Crippen molar-refractivity contribution in [1.29, 1.82) is 0 Å². The van der Waals surface area contributed by atoms with E-state index in [0.717, 1.165) is 7.11 Å². The lowest BCUT2D eigenvalue weighted by Gasteiger charge is -2.16. The lowest BCUT2D eigenvalue weighted by Crippen LogP contribution is -2.46. The molecule has 23 heavy (non-hydrogen) atoms. The zero-order chi connectivity index (χ0) is 17.2. The molecule has 2 amide bonds. The summed E-state index contributed by atoms with van der Waals surface area (Å²) in [6, 6.07) is 4.60. The van der Waals surface area contributed by atoms with Crippen molar-refractivity contribution in [3.05, 3.63) is 29.8 Å². The molecule has 1 aromatic carbocycles. The number of hydrogen-bond donors (Lipinski definition) is 3. The van der Waals surface area contributed by atoms with Crippen LogP contribution in [-0.4, -0.2) is 49.2 Å². The molecule has 0 aliphatic rings. The molecule has 0 spiro atoms. The fraction of sp³-hybridized carbons (Fsp3) is 0.286. The summed E-state index contributed by atoms with van der Waals surface area (Å²) < 4.78 is 9.23. The van der Waals surface area contributed by atoms with E-state index >= 15 is 0 Å². The van der Waals surface area contributed by atoms with Gasteiger partial charge in [0.15, 0.2) is 6.04 Å². The van der Waals surface area contributed by atoms with Gasteiger partial charge in [-0.25, -0.2) is 9.59 Å². The summed E-state index contributed by atoms with van der Waals surface area (Å²) in [4.78, 5) is 34.2. The standard InChI is InChI=1S/C14H17N3O6/c1-9(18)23-8-12(13(19)22-2)17-14(20)16-11-5-3-10(4-6-11)7-15-21/h3-7,12,21H,8H2,1-2H3,(H2,16,17,20). The maximum absolute atomic E-state index is 11.9. The third-order valence-electron chi connectivity index (χ3n) is 2.62. The lowest BCUT2D eigenvalue weighted by atomic mass is 10.2. The maximum atomic E-state index is 11.9. The smallest absolute Gasteiger partial charge is 0.332 e. The number of esters is 2. The van der Waals surface area contributed by atoms with Crippen LogP contribution in [0.3, 0.4) is 0 Å². The first-order valence-corrected chi connectivity index (χ1v) is 6.52. The molecule has 0 aliphatic carbocycles. The van der Waals surface area contributed by atoms with Crippen molar-refractivity contribution in [3.8, 4) is 0 Å². The Kier molecular flexibility index (Phi) is 7.05. The lowest BCUT2D eigenvalue weighted by molar-refractivity contribution is -0.148. The quantitative estimate of drug-likeness (QED) is 0.306. The third kappa shape index (κ3) is 6.46. The molecule has 1 aromatic rings. The zero-order valence-electron chi connectivity index (χ0n) is 12.6. The minimum atomic E-state index is -1.12. The molecular formula is C14H17N3O6. The summed E-state index contributed by atoms with van der Waals surface area (Å²) in [5.41, 5.74) is 1.09. The maximum Gasteiger partial charge on any atom is 0.332 e. The number of oxime groups is 1. The van der Waals surface area contributed by atoms with E-state index < -0.39 is 24.0 Å². The summed E-state index contributed by atoms with van der Waals surface area (Å²) in [7, 11) is 1.16. The Morgan fingerprint density at radius 1 is 1.30 bits per heavy atom. The van der Waals surface area contributed by atoms with Gasteiger partial charge in [0.25, 0.3) is 0 Å². The second-order valence-electron chi connectivity index (χ2n) is 4.34. The van der Waals surface area contributed by atoms with Crippen LogP contribution in [0.2, 0.25) is 0 Å². The highest BCUT2D eigenvalue weighted by molar-refractivity contribution is 5.93. The van der Waals surface area contributed by atoms with E-state index in [9.17, 15) is 14.4 Å². The number of hydrogen-bond acceptors (Lipinski definition) is 7. The van der Waals surface area contributed by atoms with Crippen LogP contribution in [0.4, 0.5) is 10.5 Å². The Morgan fingerprint density at radius 2 is 1.96 bits per heavy atom. The van der Waals surface area contributed by atoms with Crippen LogP contribution in [0, 0.1) is 0 Å². The first kappa shape index (κ1) is 18.0. The highest BCUT2D eigenvalue weighted by atomic mass is 16.5. The normalized spacial score (nSPS) is 11.6. The van der Waals surface area contributed by atoms with Gasteiger partial charge in [-0.05, 0) is 17.7 Å². The number of methoxy groups -OCH3 is 1. The Bertz CT molecular complexity index is 585. The number of nitrogens with zero attached hydrogens (tertiary/aromatic N) is 1. The Balaban J connectivity index is 2.63. The summed E-state index contributed by atoms with van der Waals surface area (Å²) in [6.07, 6.45) is 1.23. The molecular weight excluding hydrogens is 306 g/mol. The first-order chi connectivity index (χ1) is 11.0. The number of ether oxygens (including phenoxy) is 2. The van der Waals surface area contributed by atoms with Gasteiger partial charge < -0.3 is 25.3 Å². The second kappa shape index (κ2) is 9.03. The van der Waals surface area contributed by atoms with Gasteiger partial charge in [-0.1, -0.05) is 17.3 Å².